The lowest BCUT2D eigenvalue weighted by molar-refractivity contribution is 0.0106. The van der Waals surface area contributed by atoms with E-state index in [1.807, 2.05) is 0 Å². The fourth-order valence-corrected chi connectivity index (χ4v) is 1.49. The average Bonchev–Trinajstić information content (AvgIpc) is 2.22. The molecule has 2 nitrogen and oxygen atoms in total. The first kappa shape index (κ1) is 14.9. The van der Waals surface area contributed by atoms with E-state index in [9.17, 15) is 0 Å². The number of hydrogen-bond donors (Lipinski definition) is 1. The Kier molecular flexibility index (Phi) is 8.07. The van der Waals surface area contributed by atoms with Crippen LogP contribution in [-0.2, 0) is 4.74 Å². The molecule has 1 unspecified atom stereocenters. The lowest BCUT2D eigenvalue weighted by Crippen LogP contribution is -2.24. The van der Waals surface area contributed by atoms with Crippen LogP contribution in [0.25, 0.3) is 0 Å². The molecule has 0 aliphatic heterocycles. The highest BCUT2D eigenvalue weighted by Gasteiger charge is 2.17. The Hall–Kier alpha value is -0.0800. The first-order chi connectivity index (χ1) is 7.02. The molecule has 0 spiro atoms. The summed E-state index contributed by atoms with van der Waals surface area (Å²) in [5.74, 6) is 0.795. The molecule has 0 rings (SSSR count). The van der Waals surface area contributed by atoms with E-state index in [0.717, 1.165) is 25.4 Å². The molecule has 0 heterocycles. The Morgan fingerprint density at radius 2 is 1.87 bits per heavy atom. The number of hydrogen-bond acceptors (Lipinski definition) is 2. The van der Waals surface area contributed by atoms with E-state index in [1.165, 1.54) is 19.3 Å². The van der Waals surface area contributed by atoms with Gasteiger partial charge < -0.3 is 10.1 Å². The van der Waals surface area contributed by atoms with Crippen molar-refractivity contribution in [3.8, 4) is 0 Å². The Balaban J connectivity index is 3.44. The molecule has 0 aromatic carbocycles. The van der Waals surface area contributed by atoms with E-state index in [4.69, 9.17) is 4.74 Å². The molecule has 0 aromatic rings. The van der Waals surface area contributed by atoms with E-state index in [0.29, 0.717) is 0 Å². The first-order valence-electron chi connectivity index (χ1n) is 6.27. The summed E-state index contributed by atoms with van der Waals surface area (Å²) in [6, 6.07) is 0. The molecule has 15 heavy (non-hydrogen) atoms. The van der Waals surface area contributed by atoms with Crippen molar-refractivity contribution in [3.05, 3.63) is 0 Å². The van der Waals surface area contributed by atoms with Gasteiger partial charge in [-0.25, -0.2) is 0 Å². The smallest absolute Gasteiger partial charge is 0.0622 e. The van der Waals surface area contributed by atoms with Gasteiger partial charge in [0.15, 0.2) is 0 Å². The molecule has 0 fully saturated rings. The molecular weight excluding hydrogens is 186 g/mol. The highest BCUT2D eigenvalue weighted by atomic mass is 16.5. The van der Waals surface area contributed by atoms with Crippen molar-refractivity contribution >= 4 is 0 Å². The predicted octanol–water partition coefficient (Wildman–Crippen LogP) is 3.22. The zero-order chi connectivity index (χ0) is 11.7. The van der Waals surface area contributed by atoms with Crippen LogP contribution in [0.5, 0.6) is 0 Å². The maximum Gasteiger partial charge on any atom is 0.0622 e. The van der Waals surface area contributed by atoms with Crippen LogP contribution < -0.4 is 5.32 Å². The molecule has 0 saturated heterocycles. The van der Waals surface area contributed by atoms with Crippen LogP contribution in [0.2, 0.25) is 0 Å². The van der Waals surface area contributed by atoms with Crippen molar-refractivity contribution in [3.63, 3.8) is 0 Å². The third-order valence-corrected chi connectivity index (χ3v) is 3.03. The second-order valence-electron chi connectivity index (χ2n) is 5.15. The predicted molar refractivity (Wildman–Crippen MR) is 67.3 cm³/mol. The second kappa shape index (κ2) is 8.12. The van der Waals surface area contributed by atoms with Crippen molar-refractivity contribution in [1.29, 1.82) is 0 Å². The van der Waals surface area contributed by atoms with Gasteiger partial charge >= 0.3 is 0 Å². The van der Waals surface area contributed by atoms with Gasteiger partial charge in [0.05, 0.1) is 5.60 Å². The monoisotopic (exact) mass is 215 g/mol. The van der Waals surface area contributed by atoms with Gasteiger partial charge in [0.2, 0.25) is 0 Å². The number of rotatable bonds is 9. The molecule has 0 aromatic heterocycles. The lowest BCUT2D eigenvalue weighted by atomic mass is 9.94. The van der Waals surface area contributed by atoms with Crippen LogP contribution in [-0.4, -0.2) is 25.8 Å². The zero-order valence-corrected chi connectivity index (χ0v) is 11.2. The molecule has 1 N–H and O–H groups in total. The average molecular weight is 215 g/mol. The van der Waals surface area contributed by atoms with Crippen LogP contribution >= 0.6 is 0 Å². The maximum atomic E-state index is 5.42. The Bertz CT molecular complexity index is 145. The van der Waals surface area contributed by atoms with Crippen molar-refractivity contribution in [1.82, 2.24) is 5.32 Å². The number of methoxy groups -OCH3 is 1. The largest absolute Gasteiger partial charge is 0.379 e. The fraction of sp³-hybridized carbons (Fsp3) is 1.00. The van der Waals surface area contributed by atoms with Crippen LogP contribution in [0.3, 0.4) is 0 Å². The van der Waals surface area contributed by atoms with Crippen molar-refractivity contribution in [2.45, 2.75) is 59.0 Å². The molecule has 92 valence electrons. The Labute approximate surface area is 95.8 Å². The van der Waals surface area contributed by atoms with Crippen LogP contribution in [0.1, 0.15) is 53.4 Å². The molecule has 0 amide bonds. The second-order valence-corrected chi connectivity index (χ2v) is 5.15. The van der Waals surface area contributed by atoms with Gasteiger partial charge in [-0.2, -0.15) is 0 Å². The van der Waals surface area contributed by atoms with Crippen LogP contribution in [0.4, 0.5) is 0 Å². The van der Waals surface area contributed by atoms with E-state index in [2.05, 4.69) is 33.0 Å². The van der Waals surface area contributed by atoms with E-state index >= 15 is 0 Å². The van der Waals surface area contributed by atoms with Crippen molar-refractivity contribution in [2.24, 2.45) is 5.92 Å². The molecule has 2 heteroatoms. The summed E-state index contributed by atoms with van der Waals surface area (Å²) in [5.41, 5.74) is 0.0467. The van der Waals surface area contributed by atoms with Gasteiger partial charge in [-0.15, -0.1) is 0 Å². The third-order valence-electron chi connectivity index (χ3n) is 3.03. The summed E-state index contributed by atoms with van der Waals surface area (Å²) in [6.45, 7) is 11.2. The number of ether oxygens (including phenoxy) is 1. The fourth-order valence-electron chi connectivity index (χ4n) is 1.49. The summed E-state index contributed by atoms with van der Waals surface area (Å²) in [4.78, 5) is 0. The standard InChI is InChI=1S/C13H29NO/c1-6-10-14-11-8-12(2)7-9-13(3,4)15-5/h12,14H,6-11H2,1-5H3. The zero-order valence-electron chi connectivity index (χ0n) is 11.2. The summed E-state index contributed by atoms with van der Waals surface area (Å²) < 4.78 is 5.42. The third kappa shape index (κ3) is 8.88. The van der Waals surface area contributed by atoms with Crippen LogP contribution in [0, 0.1) is 5.92 Å². The normalized spacial score (nSPS) is 14.2. The van der Waals surface area contributed by atoms with E-state index in [1.54, 1.807) is 7.11 Å². The molecule has 0 saturated carbocycles. The quantitative estimate of drug-likeness (QED) is 0.596. The summed E-state index contributed by atoms with van der Waals surface area (Å²) in [6.07, 6.45) is 4.91. The Morgan fingerprint density at radius 3 is 2.40 bits per heavy atom. The SMILES string of the molecule is CCCNCCC(C)CCC(C)(C)OC. The molecule has 1 atom stereocenters. The molecule has 0 radical (unpaired) electrons. The Morgan fingerprint density at radius 1 is 1.20 bits per heavy atom. The summed E-state index contributed by atoms with van der Waals surface area (Å²) in [7, 11) is 1.80. The van der Waals surface area contributed by atoms with E-state index in [-0.39, 0.29) is 5.60 Å². The highest BCUT2D eigenvalue weighted by molar-refractivity contribution is 4.69. The summed E-state index contributed by atoms with van der Waals surface area (Å²) >= 11 is 0. The van der Waals surface area contributed by atoms with Gasteiger partial charge in [0.25, 0.3) is 0 Å². The molecule has 0 aliphatic carbocycles. The maximum absolute atomic E-state index is 5.42. The number of nitrogens with one attached hydrogen (secondary N) is 1. The van der Waals surface area contributed by atoms with Gasteiger partial charge in [0.1, 0.15) is 0 Å². The minimum atomic E-state index is 0.0467. The van der Waals surface area contributed by atoms with Gasteiger partial charge in [0, 0.05) is 7.11 Å². The minimum absolute atomic E-state index is 0.0467. The van der Waals surface area contributed by atoms with Gasteiger partial charge in [-0.3, -0.25) is 0 Å². The minimum Gasteiger partial charge on any atom is -0.379 e. The highest BCUT2D eigenvalue weighted by Crippen LogP contribution is 2.20. The van der Waals surface area contributed by atoms with Crippen molar-refractivity contribution < 1.29 is 4.74 Å². The molecular formula is C13H29NO. The van der Waals surface area contributed by atoms with E-state index < -0.39 is 0 Å². The summed E-state index contributed by atoms with van der Waals surface area (Å²) in [5, 5.41) is 3.45. The lowest BCUT2D eigenvalue weighted by Gasteiger charge is -2.24. The van der Waals surface area contributed by atoms with Gasteiger partial charge in [-0.1, -0.05) is 13.8 Å². The molecule has 0 bridgehead atoms. The first-order valence-corrected chi connectivity index (χ1v) is 6.27. The van der Waals surface area contributed by atoms with Gasteiger partial charge in [-0.05, 0) is 58.5 Å². The topological polar surface area (TPSA) is 21.3 Å². The van der Waals surface area contributed by atoms with Crippen LogP contribution in [0.15, 0.2) is 0 Å². The molecule has 0 aliphatic rings. The van der Waals surface area contributed by atoms with Crippen molar-refractivity contribution in [2.75, 3.05) is 20.2 Å².